The van der Waals surface area contributed by atoms with Gasteiger partial charge in [-0.25, -0.2) is 0 Å². The third-order valence-corrected chi connectivity index (χ3v) is 4.05. The van der Waals surface area contributed by atoms with Crippen LogP contribution in [0, 0.1) is 0 Å². The summed E-state index contributed by atoms with van der Waals surface area (Å²) >= 11 is 15.4. The summed E-state index contributed by atoms with van der Waals surface area (Å²) in [7, 11) is 0. The van der Waals surface area contributed by atoms with Gasteiger partial charge in [0.05, 0.1) is 10.9 Å². The van der Waals surface area contributed by atoms with Crippen molar-refractivity contribution in [3.63, 3.8) is 0 Å². The molecule has 0 spiro atoms. The van der Waals surface area contributed by atoms with E-state index in [0.29, 0.717) is 10.9 Å². The lowest BCUT2D eigenvalue weighted by atomic mass is 10.2. The van der Waals surface area contributed by atoms with Crippen molar-refractivity contribution < 1.29 is 0 Å². The van der Waals surface area contributed by atoms with Crippen LogP contribution in [0.3, 0.4) is 0 Å². The maximum absolute atomic E-state index is 6.11. The Kier molecular flexibility index (Phi) is 4.30. The van der Waals surface area contributed by atoms with Gasteiger partial charge in [-0.15, -0.1) is 21.8 Å². The number of benzene rings is 1. The molecule has 96 valence electrons. The standard InChI is InChI=1S/C12H12BrCl2N3/c1-7(2)18-11(6-14)16-17-12(18)8-3-4-9(13)10(15)5-8/h3-5,7H,6H2,1-2H3. The average Bonchev–Trinajstić information content (AvgIpc) is 2.76. The fourth-order valence-electron chi connectivity index (χ4n) is 1.79. The molecule has 0 unspecified atom stereocenters. The molecule has 0 aliphatic carbocycles. The van der Waals surface area contributed by atoms with E-state index >= 15 is 0 Å². The van der Waals surface area contributed by atoms with Crippen LogP contribution in [0.4, 0.5) is 0 Å². The van der Waals surface area contributed by atoms with E-state index in [4.69, 9.17) is 23.2 Å². The molecule has 0 fully saturated rings. The molecule has 2 aromatic rings. The summed E-state index contributed by atoms with van der Waals surface area (Å²) < 4.78 is 2.88. The Balaban J connectivity index is 2.56. The van der Waals surface area contributed by atoms with Gasteiger partial charge in [0.1, 0.15) is 5.82 Å². The van der Waals surface area contributed by atoms with Crippen molar-refractivity contribution in [3.05, 3.63) is 33.5 Å². The number of halogens is 3. The quantitative estimate of drug-likeness (QED) is 0.754. The molecular formula is C12H12BrCl2N3. The number of hydrogen-bond acceptors (Lipinski definition) is 2. The normalized spacial score (nSPS) is 11.2. The summed E-state index contributed by atoms with van der Waals surface area (Å²) in [4.78, 5) is 0. The van der Waals surface area contributed by atoms with Crippen LogP contribution < -0.4 is 0 Å². The first-order valence-electron chi connectivity index (χ1n) is 5.49. The second-order valence-electron chi connectivity index (χ2n) is 4.17. The van der Waals surface area contributed by atoms with Crippen molar-refractivity contribution in [3.8, 4) is 11.4 Å². The third kappa shape index (κ3) is 2.56. The van der Waals surface area contributed by atoms with Gasteiger partial charge in [0.15, 0.2) is 5.82 Å². The van der Waals surface area contributed by atoms with Gasteiger partial charge < -0.3 is 4.57 Å². The monoisotopic (exact) mass is 347 g/mol. The van der Waals surface area contributed by atoms with E-state index in [2.05, 4.69) is 40.0 Å². The molecule has 0 bridgehead atoms. The summed E-state index contributed by atoms with van der Waals surface area (Å²) in [5.41, 5.74) is 0.931. The van der Waals surface area contributed by atoms with E-state index in [9.17, 15) is 0 Å². The highest BCUT2D eigenvalue weighted by Crippen LogP contribution is 2.29. The van der Waals surface area contributed by atoms with E-state index in [0.717, 1.165) is 21.7 Å². The predicted molar refractivity (Wildman–Crippen MR) is 78.1 cm³/mol. The van der Waals surface area contributed by atoms with E-state index in [1.54, 1.807) is 0 Å². The van der Waals surface area contributed by atoms with E-state index in [1.807, 2.05) is 22.8 Å². The van der Waals surface area contributed by atoms with Crippen molar-refractivity contribution >= 4 is 39.1 Å². The molecule has 1 aromatic heterocycles. The number of nitrogens with zero attached hydrogens (tertiary/aromatic N) is 3. The first-order valence-corrected chi connectivity index (χ1v) is 7.20. The molecule has 1 heterocycles. The molecule has 6 heteroatoms. The lowest BCUT2D eigenvalue weighted by Crippen LogP contribution is -2.07. The molecule has 0 N–H and O–H groups in total. The van der Waals surface area contributed by atoms with Gasteiger partial charge in [-0.1, -0.05) is 11.6 Å². The molecule has 0 aliphatic heterocycles. The molecule has 0 atom stereocenters. The SMILES string of the molecule is CC(C)n1c(CCl)nnc1-c1ccc(Br)c(Cl)c1. The largest absolute Gasteiger partial charge is 0.307 e. The van der Waals surface area contributed by atoms with Gasteiger partial charge in [-0.3, -0.25) is 0 Å². The zero-order valence-electron chi connectivity index (χ0n) is 9.99. The fourth-order valence-corrected chi connectivity index (χ4v) is 2.40. The summed E-state index contributed by atoms with van der Waals surface area (Å²) in [5, 5.41) is 8.97. The Morgan fingerprint density at radius 1 is 1.33 bits per heavy atom. The van der Waals surface area contributed by atoms with Crippen LogP contribution in [-0.2, 0) is 5.88 Å². The van der Waals surface area contributed by atoms with Crippen LogP contribution >= 0.6 is 39.1 Å². The van der Waals surface area contributed by atoms with Crippen molar-refractivity contribution in [2.45, 2.75) is 25.8 Å². The molecule has 0 saturated carbocycles. The highest BCUT2D eigenvalue weighted by atomic mass is 79.9. The lowest BCUT2D eigenvalue weighted by Gasteiger charge is -2.13. The first-order chi connectivity index (χ1) is 8.54. The molecule has 0 saturated heterocycles. The van der Waals surface area contributed by atoms with E-state index < -0.39 is 0 Å². The minimum Gasteiger partial charge on any atom is -0.307 e. The number of hydrogen-bond donors (Lipinski definition) is 0. The van der Waals surface area contributed by atoms with Crippen molar-refractivity contribution in [1.82, 2.24) is 14.8 Å². The minimum absolute atomic E-state index is 0.242. The highest BCUT2D eigenvalue weighted by molar-refractivity contribution is 9.10. The Hall–Kier alpha value is -0.580. The molecule has 2 rings (SSSR count). The van der Waals surface area contributed by atoms with Gasteiger partial charge in [0.25, 0.3) is 0 Å². The molecule has 18 heavy (non-hydrogen) atoms. The van der Waals surface area contributed by atoms with E-state index in [1.165, 1.54) is 0 Å². The maximum Gasteiger partial charge on any atom is 0.164 e. The summed E-state index contributed by atoms with van der Waals surface area (Å²) in [5.74, 6) is 1.89. The van der Waals surface area contributed by atoms with Gasteiger partial charge in [0.2, 0.25) is 0 Å². The van der Waals surface area contributed by atoms with Crippen molar-refractivity contribution in [2.75, 3.05) is 0 Å². The zero-order valence-corrected chi connectivity index (χ0v) is 13.1. The molecule has 0 radical (unpaired) electrons. The topological polar surface area (TPSA) is 30.7 Å². The maximum atomic E-state index is 6.11. The van der Waals surface area contributed by atoms with Gasteiger partial charge in [0, 0.05) is 16.1 Å². The van der Waals surface area contributed by atoms with Crippen molar-refractivity contribution in [1.29, 1.82) is 0 Å². The van der Waals surface area contributed by atoms with Crippen LogP contribution in [0.2, 0.25) is 5.02 Å². The molecule has 3 nitrogen and oxygen atoms in total. The summed E-state index contributed by atoms with van der Waals surface area (Å²) in [6.07, 6.45) is 0. The second-order valence-corrected chi connectivity index (χ2v) is 5.69. The predicted octanol–water partition coefficient (Wildman–Crippen LogP) is 4.68. The van der Waals surface area contributed by atoms with Crippen LogP contribution in [0.15, 0.2) is 22.7 Å². The lowest BCUT2D eigenvalue weighted by molar-refractivity contribution is 0.585. The highest BCUT2D eigenvalue weighted by Gasteiger charge is 2.16. The fraction of sp³-hybridized carbons (Fsp3) is 0.333. The number of rotatable bonds is 3. The number of alkyl halides is 1. The van der Waals surface area contributed by atoms with Crippen LogP contribution in [0.5, 0.6) is 0 Å². The Bertz CT molecular complexity index is 566. The Morgan fingerprint density at radius 3 is 2.61 bits per heavy atom. The summed E-state index contributed by atoms with van der Waals surface area (Å²) in [6, 6.07) is 5.96. The van der Waals surface area contributed by atoms with Crippen molar-refractivity contribution in [2.24, 2.45) is 0 Å². The molecule has 0 amide bonds. The number of aromatic nitrogens is 3. The van der Waals surface area contributed by atoms with E-state index in [-0.39, 0.29) is 6.04 Å². The average molecular weight is 349 g/mol. The molecule has 0 aliphatic rings. The minimum atomic E-state index is 0.242. The van der Waals surface area contributed by atoms with Crippen LogP contribution in [0.25, 0.3) is 11.4 Å². The van der Waals surface area contributed by atoms with Crippen LogP contribution in [0.1, 0.15) is 25.7 Å². The zero-order chi connectivity index (χ0) is 13.3. The smallest absolute Gasteiger partial charge is 0.164 e. The summed E-state index contributed by atoms with van der Waals surface area (Å²) in [6.45, 7) is 4.15. The Labute approximate surface area is 124 Å². The van der Waals surface area contributed by atoms with Gasteiger partial charge in [-0.05, 0) is 48.0 Å². The van der Waals surface area contributed by atoms with Gasteiger partial charge >= 0.3 is 0 Å². The van der Waals surface area contributed by atoms with Gasteiger partial charge in [-0.2, -0.15) is 0 Å². The second kappa shape index (κ2) is 5.59. The molecule has 1 aromatic carbocycles. The molecular weight excluding hydrogens is 337 g/mol. The Morgan fingerprint density at radius 2 is 2.06 bits per heavy atom. The third-order valence-electron chi connectivity index (χ3n) is 2.58. The van der Waals surface area contributed by atoms with Crippen LogP contribution in [-0.4, -0.2) is 14.8 Å². The first kappa shape index (κ1) is 13.8.